The fourth-order valence-corrected chi connectivity index (χ4v) is 0.971. The van der Waals surface area contributed by atoms with E-state index in [-0.39, 0.29) is 24.9 Å². The first-order valence-corrected chi connectivity index (χ1v) is 3.68. The van der Waals surface area contributed by atoms with Crippen LogP contribution in [0.3, 0.4) is 0 Å². The summed E-state index contributed by atoms with van der Waals surface area (Å²) in [5.41, 5.74) is 0. The number of hydrogen-bond acceptors (Lipinski definition) is 3. The summed E-state index contributed by atoms with van der Waals surface area (Å²) >= 11 is 0. The highest BCUT2D eigenvalue weighted by molar-refractivity contribution is 6.02. The Morgan fingerprint density at radius 3 is 2.75 bits per heavy atom. The zero-order valence-corrected chi connectivity index (χ0v) is 6.74. The van der Waals surface area contributed by atoms with Gasteiger partial charge < -0.3 is 10.1 Å². The number of nitrogens with one attached hydrogen (secondary N) is 1. The molecule has 0 radical (unpaired) electrons. The van der Waals surface area contributed by atoms with E-state index in [1.807, 2.05) is 0 Å². The molecule has 5 nitrogen and oxygen atoms in total. The zero-order valence-electron chi connectivity index (χ0n) is 6.74. The number of nitrogens with zero attached hydrogens (tertiary/aromatic N) is 1. The first-order valence-electron chi connectivity index (χ1n) is 3.68. The molecule has 5 heteroatoms. The van der Waals surface area contributed by atoms with E-state index in [9.17, 15) is 14.4 Å². The minimum absolute atomic E-state index is 0.0460. The van der Waals surface area contributed by atoms with Gasteiger partial charge in [-0.25, -0.2) is 4.79 Å². The molecule has 1 N–H and O–H groups in total. The van der Waals surface area contributed by atoms with E-state index in [1.165, 1.54) is 0 Å². The minimum atomic E-state index is -0.409. The summed E-state index contributed by atoms with van der Waals surface area (Å²) in [4.78, 5) is 33.2. The highest BCUT2D eigenvalue weighted by atomic mass is 16.2. The van der Waals surface area contributed by atoms with Crippen LogP contribution >= 0.6 is 0 Å². The number of rotatable bonds is 3. The molecule has 1 unspecified atom stereocenters. The molecule has 1 saturated heterocycles. The van der Waals surface area contributed by atoms with Gasteiger partial charge in [0.2, 0.25) is 5.91 Å². The van der Waals surface area contributed by atoms with Gasteiger partial charge in [-0.3, -0.25) is 9.69 Å². The molecule has 3 amide bonds. The van der Waals surface area contributed by atoms with Gasteiger partial charge in [0.25, 0.3) is 0 Å². The lowest BCUT2D eigenvalue weighted by atomic mass is 10.2. The van der Waals surface area contributed by atoms with Crippen LogP contribution in [0.1, 0.15) is 6.92 Å². The predicted octanol–water partition coefficient (Wildman–Crippen LogP) is -0.627. The fraction of sp³-hybridized carbons (Fsp3) is 0.571. The summed E-state index contributed by atoms with van der Waals surface area (Å²) in [6, 6.07) is -0.409. The largest absolute Gasteiger partial charge is 0.329 e. The summed E-state index contributed by atoms with van der Waals surface area (Å²) in [7, 11) is 0. The van der Waals surface area contributed by atoms with Crippen molar-refractivity contribution < 1.29 is 14.4 Å². The molecule has 0 saturated carbocycles. The summed E-state index contributed by atoms with van der Waals surface area (Å²) in [6.45, 7) is 1.88. The number of imide groups is 1. The van der Waals surface area contributed by atoms with E-state index in [1.54, 1.807) is 6.92 Å². The van der Waals surface area contributed by atoms with E-state index in [4.69, 9.17) is 0 Å². The Morgan fingerprint density at radius 1 is 1.67 bits per heavy atom. The second kappa shape index (κ2) is 3.34. The Kier molecular flexibility index (Phi) is 2.42. The maximum atomic E-state index is 11.0. The number of hydrogen-bond donors (Lipinski definition) is 1. The molecule has 0 aromatic carbocycles. The molecule has 66 valence electrons. The Hall–Kier alpha value is -1.39. The van der Waals surface area contributed by atoms with E-state index >= 15 is 0 Å². The van der Waals surface area contributed by atoms with Crippen molar-refractivity contribution in [2.45, 2.75) is 6.92 Å². The van der Waals surface area contributed by atoms with Crippen molar-refractivity contribution in [3.05, 3.63) is 0 Å². The zero-order chi connectivity index (χ0) is 9.14. The molecular formula is C7H10N2O3. The molecule has 0 spiro atoms. The highest BCUT2D eigenvalue weighted by Gasteiger charge is 2.29. The molecule has 0 bridgehead atoms. The average molecular weight is 170 g/mol. The average Bonchev–Trinajstić information content (AvgIpc) is 2.35. The van der Waals surface area contributed by atoms with Gasteiger partial charge in [-0.1, -0.05) is 6.92 Å². The van der Waals surface area contributed by atoms with Crippen LogP contribution in [0.5, 0.6) is 0 Å². The number of amides is 3. The van der Waals surface area contributed by atoms with Gasteiger partial charge in [0.05, 0.1) is 6.54 Å². The van der Waals surface area contributed by atoms with Crippen molar-refractivity contribution in [3.63, 3.8) is 0 Å². The third kappa shape index (κ3) is 1.61. The molecule has 0 aromatic heterocycles. The lowest BCUT2D eigenvalue weighted by molar-refractivity contribution is -0.125. The van der Waals surface area contributed by atoms with Crippen LogP contribution in [-0.2, 0) is 9.59 Å². The van der Waals surface area contributed by atoms with Crippen LogP contribution in [0.4, 0.5) is 4.79 Å². The number of carbonyl (C=O) groups is 3. The topological polar surface area (TPSA) is 66.5 Å². The normalized spacial score (nSPS) is 19.2. The molecule has 12 heavy (non-hydrogen) atoms. The van der Waals surface area contributed by atoms with Crippen molar-refractivity contribution in [3.8, 4) is 0 Å². The monoisotopic (exact) mass is 170 g/mol. The molecule has 1 atom stereocenters. The van der Waals surface area contributed by atoms with Crippen molar-refractivity contribution in [2.75, 3.05) is 13.1 Å². The molecule has 1 fully saturated rings. The second-order valence-electron chi connectivity index (χ2n) is 2.78. The van der Waals surface area contributed by atoms with E-state index < -0.39 is 6.03 Å². The SMILES string of the molecule is CC(C=O)CN1C(=O)CNC1=O. The smallest absolute Gasteiger partial charge is 0.324 e. The Labute approximate surface area is 69.7 Å². The van der Waals surface area contributed by atoms with Crippen molar-refractivity contribution in [2.24, 2.45) is 5.92 Å². The quantitative estimate of drug-likeness (QED) is 0.453. The second-order valence-corrected chi connectivity index (χ2v) is 2.78. The van der Waals surface area contributed by atoms with Gasteiger partial charge in [0.15, 0.2) is 0 Å². The Bertz CT molecular complexity index is 211. The minimum Gasteiger partial charge on any atom is -0.329 e. The summed E-state index contributed by atoms with van der Waals surface area (Å²) < 4.78 is 0. The lowest BCUT2D eigenvalue weighted by Gasteiger charge is -2.13. The van der Waals surface area contributed by atoms with Gasteiger partial charge >= 0.3 is 6.03 Å². The number of urea groups is 1. The molecule has 1 heterocycles. The maximum absolute atomic E-state index is 11.0. The summed E-state index contributed by atoms with van der Waals surface area (Å²) in [5.74, 6) is -0.563. The predicted molar refractivity (Wildman–Crippen MR) is 40.3 cm³/mol. The van der Waals surface area contributed by atoms with Crippen LogP contribution in [0.25, 0.3) is 0 Å². The lowest BCUT2D eigenvalue weighted by Crippen LogP contribution is -2.35. The van der Waals surface area contributed by atoms with Crippen molar-refractivity contribution in [1.82, 2.24) is 10.2 Å². The highest BCUT2D eigenvalue weighted by Crippen LogP contribution is 2.02. The van der Waals surface area contributed by atoms with Crippen molar-refractivity contribution in [1.29, 1.82) is 0 Å². The standard InChI is InChI=1S/C7H10N2O3/c1-5(4-10)3-9-6(11)2-8-7(9)12/h4-5H,2-3H2,1H3,(H,8,12). The number of carbonyl (C=O) groups excluding carboxylic acids is 3. The van der Waals surface area contributed by atoms with Gasteiger partial charge in [-0.05, 0) is 0 Å². The third-order valence-electron chi connectivity index (χ3n) is 1.64. The van der Waals surface area contributed by atoms with Gasteiger partial charge in [-0.15, -0.1) is 0 Å². The fourth-order valence-electron chi connectivity index (χ4n) is 0.971. The van der Waals surface area contributed by atoms with Crippen LogP contribution in [0.15, 0.2) is 0 Å². The van der Waals surface area contributed by atoms with E-state index in [2.05, 4.69) is 5.32 Å². The first-order chi connectivity index (χ1) is 5.65. The molecule has 1 aliphatic heterocycles. The molecule has 1 rings (SSSR count). The Morgan fingerprint density at radius 2 is 2.33 bits per heavy atom. The molecule has 0 aliphatic carbocycles. The molecule has 0 aromatic rings. The van der Waals surface area contributed by atoms with Crippen LogP contribution in [0, 0.1) is 5.92 Å². The molecule has 1 aliphatic rings. The van der Waals surface area contributed by atoms with Gasteiger partial charge in [0, 0.05) is 12.5 Å². The van der Waals surface area contributed by atoms with Crippen LogP contribution < -0.4 is 5.32 Å². The van der Waals surface area contributed by atoms with E-state index in [0.717, 1.165) is 11.2 Å². The number of aldehydes is 1. The van der Waals surface area contributed by atoms with Crippen molar-refractivity contribution >= 4 is 18.2 Å². The molecular weight excluding hydrogens is 160 g/mol. The third-order valence-corrected chi connectivity index (χ3v) is 1.64. The van der Waals surface area contributed by atoms with Gasteiger partial charge in [0.1, 0.15) is 6.29 Å². The summed E-state index contributed by atoms with van der Waals surface area (Å²) in [6.07, 6.45) is 0.721. The summed E-state index contributed by atoms with van der Waals surface area (Å²) in [5, 5.41) is 2.37. The van der Waals surface area contributed by atoms with E-state index in [0.29, 0.717) is 0 Å². The van der Waals surface area contributed by atoms with Crippen LogP contribution in [0.2, 0.25) is 0 Å². The van der Waals surface area contributed by atoms with Gasteiger partial charge in [-0.2, -0.15) is 0 Å². The first kappa shape index (κ1) is 8.70. The van der Waals surface area contributed by atoms with Crippen LogP contribution in [-0.4, -0.2) is 36.2 Å². The Balaban J connectivity index is 2.55. The maximum Gasteiger partial charge on any atom is 0.324 e.